The Balaban J connectivity index is 2.90. The lowest BCUT2D eigenvalue weighted by Crippen LogP contribution is -1.88. The van der Waals surface area contributed by atoms with Crippen molar-refractivity contribution in [1.82, 2.24) is 9.97 Å². The van der Waals surface area contributed by atoms with Crippen LogP contribution in [0.5, 0.6) is 0 Å². The number of aromatic nitrogens is 2. The number of anilines is 1. The van der Waals surface area contributed by atoms with Gasteiger partial charge in [-0.3, -0.25) is 4.79 Å². The fourth-order valence-corrected chi connectivity index (χ4v) is 1.06. The number of aromatic amines is 1. The first kappa shape index (κ1) is 6.84. The van der Waals surface area contributed by atoms with Crippen molar-refractivity contribution in [2.24, 2.45) is 0 Å². The van der Waals surface area contributed by atoms with E-state index in [4.69, 9.17) is 5.73 Å². The largest absolute Gasteiger partial charge is 0.369 e. The van der Waals surface area contributed by atoms with Gasteiger partial charge >= 0.3 is 0 Å². The van der Waals surface area contributed by atoms with Gasteiger partial charge in [-0.2, -0.15) is 0 Å². The highest BCUT2D eigenvalue weighted by Gasteiger charge is 1.95. The summed E-state index contributed by atoms with van der Waals surface area (Å²) >= 11 is 0. The zero-order valence-electron chi connectivity index (χ0n) is 6.24. The molecule has 0 unspecified atom stereocenters. The molecular weight excluding hydrogens is 154 g/mol. The number of imidazole rings is 1. The molecule has 0 fully saturated rings. The quantitative estimate of drug-likeness (QED) is 0.591. The van der Waals surface area contributed by atoms with Crippen molar-refractivity contribution in [3.05, 3.63) is 34.5 Å². The predicted octanol–water partition coefficient (Wildman–Crippen LogP) is 0.505. The first-order valence-corrected chi connectivity index (χ1v) is 3.51. The van der Waals surface area contributed by atoms with Gasteiger partial charge in [0, 0.05) is 0 Å². The number of nitrogen functional groups attached to an aromatic ring is 1. The molecule has 1 aromatic carbocycles. The van der Waals surface area contributed by atoms with Gasteiger partial charge in [0.25, 0.3) is 0 Å². The van der Waals surface area contributed by atoms with Crippen molar-refractivity contribution in [3.8, 4) is 0 Å². The van der Waals surface area contributed by atoms with E-state index in [1.165, 1.54) is 12.1 Å². The Kier molecular flexibility index (Phi) is 1.33. The summed E-state index contributed by atoms with van der Waals surface area (Å²) in [6.45, 7) is 0. The molecule has 0 aliphatic heterocycles. The Bertz CT molecular complexity index is 435. The predicted molar refractivity (Wildman–Crippen MR) is 46.8 cm³/mol. The van der Waals surface area contributed by atoms with E-state index in [2.05, 4.69) is 9.97 Å². The second-order valence-corrected chi connectivity index (χ2v) is 2.49. The number of H-pyrrole nitrogens is 1. The maximum Gasteiger partial charge on any atom is 0.198 e. The van der Waals surface area contributed by atoms with Crippen LogP contribution < -0.4 is 11.2 Å². The zero-order valence-corrected chi connectivity index (χ0v) is 6.24. The number of nitrogens with two attached hydrogens (primary N) is 1. The minimum Gasteiger partial charge on any atom is -0.369 e. The van der Waals surface area contributed by atoms with Gasteiger partial charge < -0.3 is 10.7 Å². The number of nitrogens with zero attached hydrogens (tertiary/aromatic N) is 1. The molecule has 0 radical (unpaired) electrons. The van der Waals surface area contributed by atoms with Crippen LogP contribution in [0.25, 0.3) is 11.0 Å². The third-order valence-electron chi connectivity index (χ3n) is 1.60. The van der Waals surface area contributed by atoms with Crippen LogP contribution in [0.4, 0.5) is 5.95 Å². The molecule has 0 atom stereocenters. The molecule has 0 aliphatic rings. The summed E-state index contributed by atoms with van der Waals surface area (Å²) in [6, 6.07) is 6.24. The average Bonchev–Trinajstić information content (AvgIpc) is 2.31. The summed E-state index contributed by atoms with van der Waals surface area (Å²) in [5, 5.41) is 0. The number of fused-ring (bicyclic) bond motifs is 1. The van der Waals surface area contributed by atoms with E-state index < -0.39 is 0 Å². The molecule has 2 aromatic rings. The lowest BCUT2D eigenvalue weighted by atomic mass is 10.4. The Morgan fingerprint density at radius 3 is 2.83 bits per heavy atom. The third kappa shape index (κ3) is 1.03. The SMILES string of the molecule is Nc1nc2ccc(=O)ccc2[nH]1. The van der Waals surface area contributed by atoms with Crippen molar-refractivity contribution in [1.29, 1.82) is 0 Å². The second kappa shape index (κ2) is 2.34. The topological polar surface area (TPSA) is 71.8 Å². The summed E-state index contributed by atoms with van der Waals surface area (Å²) < 4.78 is 0. The summed E-state index contributed by atoms with van der Waals surface area (Å²) in [5.74, 6) is 0.364. The molecule has 1 heterocycles. The fourth-order valence-electron chi connectivity index (χ4n) is 1.06. The van der Waals surface area contributed by atoms with Crippen molar-refractivity contribution in [3.63, 3.8) is 0 Å². The summed E-state index contributed by atoms with van der Waals surface area (Å²) in [4.78, 5) is 17.7. The van der Waals surface area contributed by atoms with Gasteiger partial charge in [-0.1, -0.05) is 0 Å². The van der Waals surface area contributed by atoms with E-state index in [1.54, 1.807) is 12.1 Å². The standard InChI is InChI=1S/C8H7N3O/c9-8-10-6-3-1-5(12)2-4-7(6)11-8/h1-4H,(H3,9,10,11). The van der Waals surface area contributed by atoms with Crippen LogP contribution in [0.1, 0.15) is 0 Å². The molecule has 2 rings (SSSR count). The molecular formula is C8H7N3O. The minimum absolute atomic E-state index is 0.0417. The van der Waals surface area contributed by atoms with Gasteiger partial charge in [-0.05, 0) is 24.3 Å². The molecule has 12 heavy (non-hydrogen) atoms. The molecule has 0 bridgehead atoms. The van der Waals surface area contributed by atoms with E-state index in [1.807, 2.05) is 0 Å². The van der Waals surface area contributed by atoms with Crippen LogP contribution in [-0.4, -0.2) is 9.97 Å². The van der Waals surface area contributed by atoms with E-state index in [-0.39, 0.29) is 5.43 Å². The second-order valence-electron chi connectivity index (χ2n) is 2.49. The molecule has 0 aliphatic carbocycles. The van der Waals surface area contributed by atoms with Crippen molar-refractivity contribution in [2.45, 2.75) is 0 Å². The Morgan fingerprint density at radius 1 is 1.25 bits per heavy atom. The Hall–Kier alpha value is -1.84. The summed E-state index contributed by atoms with van der Waals surface area (Å²) in [6.07, 6.45) is 0. The van der Waals surface area contributed by atoms with Gasteiger partial charge in [0.2, 0.25) is 0 Å². The maximum atomic E-state index is 10.9. The Labute approximate surface area is 68.1 Å². The van der Waals surface area contributed by atoms with Crippen molar-refractivity contribution < 1.29 is 0 Å². The smallest absolute Gasteiger partial charge is 0.198 e. The molecule has 4 nitrogen and oxygen atoms in total. The van der Waals surface area contributed by atoms with Gasteiger partial charge in [-0.15, -0.1) is 0 Å². The molecule has 0 saturated carbocycles. The van der Waals surface area contributed by atoms with Crippen LogP contribution in [-0.2, 0) is 0 Å². The van der Waals surface area contributed by atoms with Gasteiger partial charge in [0.1, 0.15) is 0 Å². The van der Waals surface area contributed by atoms with Crippen LogP contribution >= 0.6 is 0 Å². The highest BCUT2D eigenvalue weighted by Crippen LogP contribution is 2.07. The summed E-state index contributed by atoms with van der Waals surface area (Å²) in [7, 11) is 0. The zero-order chi connectivity index (χ0) is 8.55. The monoisotopic (exact) mass is 161 g/mol. The van der Waals surface area contributed by atoms with Crippen molar-refractivity contribution >= 4 is 17.0 Å². The molecule has 4 heteroatoms. The van der Waals surface area contributed by atoms with Gasteiger partial charge in [0.15, 0.2) is 11.4 Å². The first-order valence-electron chi connectivity index (χ1n) is 3.51. The van der Waals surface area contributed by atoms with Crippen LogP contribution in [0, 0.1) is 0 Å². The molecule has 3 N–H and O–H groups in total. The van der Waals surface area contributed by atoms with E-state index in [0.717, 1.165) is 5.52 Å². The van der Waals surface area contributed by atoms with Gasteiger partial charge in [-0.25, -0.2) is 4.98 Å². The molecule has 0 amide bonds. The number of hydrogen-bond donors (Lipinski definition) is 2. The average molecular weight is 161 g/mol. The van der Waals surface area contributed by atoms with Crippen LogP contribution in [0.3, 0.4) is 0 Å². The number of rotatable bonds is 0. The lowest BCUT2D eigenvalue weighted by molar-refractivity contribution is 1.35. The first-order chi connectivity index (χ1) is 5.75. The lowest BCUT2D eigenvalue weighted by Gasteiger charge is -1.74. The van der Waals surface area contributed by atoms with E-state index >= 15 is 0 Å². The number of nitrogens with one attached hydrogen (secondary N) is 1. The molecule has 0 saturated heterocycles. The van der Waals surface area contributed by atoms with E-state index in [9.17, 15) is 4.79 Å². The third-order valence-corrected chi connectivity index (χ3v) is 1.60. The highest BCUT2D eigenvalue weighted by atomic mass is 16.1. The highest BCUT2D eigenvalue weighted by molar-refractivity contribution is 5.75. The fraction of sp³-hybridized carbons (Fsp3) is 0. The molecule has 0 spiro atoms. The van der Waals surface area contributed by atoms with Crippen molar-refractivity contribution in [2.75, 3.05) is 5.73 Å². The minimum atomic E-state index is -0.0417. The van der Waals surface area contributed by atoms with Crippen LogP contribution in [0.15, 0.2) is 29.1 Å². The normalized spacial score (nSPS) is 10.3. The van der Waals surface area contributed by atoms with Gasteiger partial charge in [0.05, 0.1) is 11.0 Å². The maximum absolute atomic E-state index is 10.9. The number of hydrogen-bond acceptors (Lipinski definition) is 3. The Morgan fingerprint density at radius 2 is 2.00 bits per heavy atom. The van der Waals surface area contributed by atoms with Crippen LogP contribution in [0.2, 0.25) is 0 Å². The van der Waals surface area contributed by atoms with E-state index in [0.29, 0.717) is 11.5 Å². The summed E-state index contributed by atoms with van der Waals surface area (Å²) in [5.41, 5.74) is 6.86. The molecule has 1 aromatic heterocycles. The molecule has 60 valence electrons.